The van der Waals surface area contributed by atoms with Crippen LogP contribution in [-0.2, 0) is 19.4 Å². The van der Waals surface area contributed by atoms with Gasteiger partial charge >= 0.3 is 0 Å². The third-order valence-corrected chi connectivity index (χ3v) is 5.81. The lowest BCUT2D eigenvalue weighted by Gasteiger charge is -2.27. The summed E-state index contributed by atoms with van der Waals surface area (Å²) in [5, 5.41) is 2.83. The summed E-state index contributed by atoms with van der Waals surface area (Å²) in [4.78, 5) is 25.1. The average molecular weight is 318 g/mol. The molecule has 1 heterocycles. The van der Waals surface area contributed by atoms with Crippen LogP contribution in [-0.4, -0.2) is 55.8 Å². The van der Waals surface area contributed by atoms with Gasteiger partial charge in [-0.25, -0.2) is 8.42 Å². The van der Waals surface area contributed by atoms with Gasteiger partial charge in [-0.05, 0) is 19.3 Å². The van der Waals surface area contributed by atoms with Gasteiger partial charge in [0.2, 0.25) is 11.8 Å². The first-order chi connectivity index (χ1) is 9.80. The Balaban J connectivity index is 2.50. The van der Waals surface area contributed by atoms with Gasteiger partial charge in [0.05, 0.1) is 11.5 Å². The molecule has 1 fully saturated rings. The Hall–Kier alpha value is -1.11. The summed E-state index contributed by atoms with van der Waals surface area (Å²) >= 11 is 0. The van der Waals surface area contributed by atoms with Crippen molar-refractivity contribution in [2.75, 3.05) is 24.6 Å². The van der Waals surface area contributed by atoms with Crippen molar-refractivity contribution in [2.24, 2.45) is 5.92 Å². The number of nitrogens with zero attached hydrogens (tertiary/aromatic N) is 1. The minimum Gasteiger partial charge on any atom is -0.354 e. The van der Waals surface area contributed by atoms with Crippen LogP contribution in [0.3, 0.4) is 0 Å². The van der Waals surface area contributed by atoms with Crippen molar-refractivity contribution in [2.45, 2.75) is 46.1 Å². The van der Waals surface area contributed by atoms with Crippen molar-refractivity contribution < 1.29 is 18.0 Å². The van der Waals surface area contributed by atoms with Gasteiger partial charge < -0.3 is 10.2 Å². The van der Waals surface area contributed by atoms with Crippen LogP contribution < -0.4 is 5.32 Å². The molecular weight excluding hydrogens is 292 g/mol. The van der Waals surface area contributed by atoms with Crippen LogP contribution in [0.5, 0.6) is 0 Å². The van der Waals surface area contributed by atoms with E-state index in [9.17, 15) is 18.0 Å². The fraction of sp³-hybridized carbons (Fsp3) is 0.857. The van der Waals surface area contributed by atoms with Crippen molar-refractivity contribution in [1.82, 2.24) is 10.2 Å². The lowest BCUT2D eigenvalue weighted by molar-refractivity contribution is -0.131. The number of hydrogen-bond acceptors (Lipinski definition) is 4. The maximum absolute atomic E-state index is 11.9. The Kier molecular flexibility index (Phi) is 6.64. The largest absolute Gasteiger partial charge is 0.354 e. The van der Waals surface area contributed by atoms with Gasteiger partial charge in [-0.2, -0.15) is 0 Å². The van der Waals surface area contributed by atoms with Gasteiger partial charge in [-0.3, -0.25) is 9.59 Å². The van der Waals surface area contributed by atoms with Crippen molar-refractivity contribution in [3.63, 3.8) is 0 Å². The van der Waals surface area contributed by atoms with Gasteiger partial charge in [0.15, 0.2) is 9.84 Å². The Morgan fingerprint density at radius 3 is 2.33 bits per heavy atom. The fourth-order valence-electron chi connectivity index (χ4n) is 2.72. The normalized spacial score (nSPS) is 20.5. The van der Waals surface area contributed by atoms with E-state index < -0.39 is 9.84 Å². The predicted molar refractivity (Wildman–Crippen MR) is 81.5 cm³/mol. The number of carbonyl (C=O) groups excluding carboxylic acids is 2. The first kappa shape index (κ1) is 17.9. The summed E-state index contributed by atoms with van der Waals surface area (Å²) in [6.45, 7) is 6.11. The van der Waals surface area contributed by atoms with Gasteiger partial charge in [0.25, 0.3) is 0 Å². The summed E-state index contributed by atoms with van der Waals surface area (Å²) in [6, 6.07) is -0.252. The zero-order chi connectivity index (χ0) is 16.0. The van der Waals surface area contributed by atoms with Gasteiger partial charge in [-0.1, -0.05) is 13.8 Å². The number of sulfone groups is 1. The molecule has 0 radical (unpaired) electrons. The van der Waals surface area contributed by atoms with E-state index in [4.69, 9.17) is 0 Å². The first-order valence-electron chi connectivity index (χ1n) is 7.56. The summed E-state index contributed by atoms with van der Waals surface area (Å²) < 4.78 is 23.0. The molecule has 0 aromatic carbocycles. The second-order valence-corrected chi connectivity index (χ2v) is 7.80. The second-order valence-electron chi connectivity index (χ2n) is 5.57. The molecule has 1 unspecified atom stereocenters. The van der Waals surface area contributed by atoms with Crippen LogP contribution in [0, 0.1) is 5.92 Å². The topological polar surface area (TPSA) is 83.6 Å². The van der Waals surface area contributed by atoms with Crippen LogP contribution in [0.15, 0.2) is 0 Å². The molecule has 0 bridgehead atoms. The molecule has 1 rings (SSSR count). The highest BCUT2D eigenvalue weighted by Gasteiger charge is 2.33. The zero-order valence-electron chi connectivity index (χ0n) is 13.1. The van der Waals surface area contributed by atoms with Crippen LogP contribution in [0.25, 0.3) is 0 Å². The molecule has 0 aromatic rings. The fourth-order valence-corrected chi connectivity index (χ4v) is 4.45. The van der Waals surface area contributed by atoms with Crippen molar-refractivity contribution in [3.05, 3.63) is 0 Å². The molecule has 7 heteroatoms. The number of hydrogen-bond donors (Lipinski definition) is 1. The van der Waals surface area contributed by atoms with E-state index in [0.717, 1.165) is 12.8 Å². The highest BCUT2D eigenvalue weighted by atomic mass is 32.2. The molecule has 122 valence electrons. The van der Waals surface area contributed by atoms with E-state index in [2.05, 4.69) is 5.32 Å². The Bertz CT molecular complexity index is 471. The quantitative estimate of drug-likeness (QED) is 0.744. The summed E-state index contributed by atoms with van der Waals surface area (Å²) in [5.41, 5.74) is 0. The molecular formula is C14H26N2O4S. The minimum atomic E-state index is -3.02. The summed E-state index contributed by atoms with van der Waals surface area (Å²) in [6.07, 6.45) is 2.07. The molecule has 6 nitrogen and oxygen atoms in total. The maximum Gasteiger partial charge on any atom is 0.223 e. The first-order valence-corrected chi connectivity index (χ1v) is 9.38. The highest BCUT2D eigenvalue weighted by molar-refractivity contribution is 7.91. The maximum atomic E-state index is 11.9. The van der Waals surface area contributed by atoms with Crippen LogP contribution in [0.2, 0.25) is 0 Å². The van der Waals surface area contributed by atoms with Crippen LogP contribution in [0.4, 0.5) is 0 Å². The van der Waals surface area contributed by atoms with E-state index in [1.807, 2.05) is 13.8 Å². The Labute approximate surface area is 127 Å². The predicted octanol–water partition coefficient (Wildman–Crippen LogP) is 0.574. The third kappa shape index (κ3) is 5.30. The lowest BCUT2D eigenvalue weighted by atomic mass is 10.0. The molecule has 0 saturated carbocycles. The molecule has 1 N–H and O–H groups in total. The van der Waals surface area contributed by atoms with E-state index in [1.165, 1.54) is 6.92 Å². The number of amides is 2. The van der Waals surface area contributed by atoms with E-state index >= 15 is 0 Å². The van der Waals surface area contributed by atoms with Gasteiger partial charge in [0.1, 0.15) is 0 Å². The minimum absolute atomic E-state index is 0.00236. The summed E-state index contributed by atoms with van der Waals surface area (Å²) in [7, 11) is -3.02. The second kappa shape index (κ2) is 7.77. The van der Waals surface area contributed by atoms with E-state index in [0.29, 0.717) is 19.5 Å². The SMILES string of the molecule is CCC(CC)C(=O)NCCN(C(C)=O)C1CCS(=O)(=O)C1. The number of carbonyl (C=O) groups is 2. The molecule has 1 aliphatic heterocycles. The molecule has 2 amide bonds. The van der Waals surface area contributed by atoms with E-state index in [1.54, 1.807) is 4.90 Å². The van der Waals surface area contributed by atoms with Gasteiger partial charge in [-0.15, -0.1) is 0 Å². The smallest absolute Gasteiger partial charge is 0.223 e. The number of rotatable bonds is 7. The van der Waals surface area contributed by atoms with Gasteiger partial charge in [0, 0.05) is 32.0 Å². The molecule has 0 spiro atoms. The average Bonchev–Trinajstić information content (AvgIpc) is 2.75. The highest BCUT2D eigenvalue weighted by Crippen LogP contribution is 2.17. The molecule has 1 aliphatic rings. The number of nitrogens with one attached hydrogen (secondary N) is 1. The van der Waals surface area contributed by atoms with Crippen molar-refractivity contribution in [1.29, 1.82) is 0 Å². The van der Waals surface area contributed by atoms with Crippen LogP contribution >= 0.6 is 0 Å². The van der Waals surface area contributed by atoms with Crippen LogP contribution in [0.1, 0.15) is 40.0 Å². The Morgan fingerprint density at radius 1 is 1.29 bits per heavy atom. The molecule has 0 aromatic heterocycles. The molecule has 21 heavy (non-hydrogen) atoms. The van der Waals surface area contributed by atoms with E-state index in [-0.39, 0.29) is 35.3 Å². The Morgan fingerprint density at radius 2 is 1.90 bits per heavy atom. The monoisotopic (exact) mass is 318 g/mol. The zero-order valence-corrected chi connectivity index (χ0v) is 13.9. The standard InChI is InChI=1S/C14H26N2O4S/c1-4-12(5-2)14(18)15-7-8-16(11(3)17)13-6-9-21(19,20)10-13/h12-13H,4-10H2,1-3H3,(H,15,18). The third-order valence-electron chi connectivity index (χ3n) is 4.06. The summed E-state index contributed by atoms with van der Waals surface area (Å²) in [5.74, 6) is 0.0355. The molecule has 1 atom stereocenters. The lowest BCUT2D eigenvalue weighted by Crippen LogP contribution is -2.45. The van der Waals surface area contributed by atoms with Crippen molar-refractivity contribution in [3.8, 4) is 0 Å². The molecule has 0 aliphatic carbocycles. The molecule has 1 saturated heterocycles. The van der Waals surface area contributed by atoms with Crippen molar-refractivity contribution >= 4 is 21.7 Å².